The van der Waals surface area contributed by atoms with Crippen LogP contribution >= 0.6 is 0 Å². The van der Waals surface area contributed by atoms with Crippen LogP contribution < -0.4 is 0 Å². The molecule has 0 aliphatic heterocycles. The number of nitrogens with zero attached hydrogens (tertiary/aromatic N) is 3. The van der Waals surface area contributed by atoms with Crippen molar-refractivity contribution in [3.05, 3.63) is 11.6 Å². The van der Waals surface area contributed by atoms with E-state index in [1.165, 1.54) is 0 Å². The van der Waals surface area contributed by atoms with Gasteiger partial charge in [-0.3, -0.25) is 0 Å². The lowest BCUT2D eigenvalue weighted by Gasteiger charge is -2.19. The molecular weight excluding hydrogens is 181 g/mol. The van der Waals surface area contributed by atoms with E-state index < -0.39 is 5.95 Å². The van der Waals surface area contributed by atoms with Gasteiger partial charge in [-0.2, -0.15) is 4.39 Å². The Labute approximate surface area is 84.3 Å². The smallest absolute Gasteiger partial charge is 0.244 e. The zero-order valence-corrected chi connectivity index (χ0v) is 9.50. The highest BCUT2D eigenvalue weighted by Crippen LogP contribution is 2.22. The van der Waals surface area contributed by atoms with Crippen LogP contribution in [0.3, 0.4) is 0 Å². The van der Waals surface area contributed by atoms with E-state index in [-0.39, 0.29) is 11.5 Å². The van der Waals surface area contributed by atoms with E-state index in [1.54, 1.807) is 4.68 Å². The molecule has 0 aliphatic carbocycles. The first-order valence-corrected chi connectivity index (χ1v) is 4.91. The van der Waals surface area contributed by atoms with Crippen LogP contribution in [0.5, 0.6) is 0 Å². The molecule has 0 unspecified atom stereocenters. The lowest BCUT2D eigenvalue weighted by atomic mass is 9.90. The molecule has 0 aliphatic rings. The largest absolute Gasteiger partial charge is 0.256 e. The second kappa shape index (κ2) is 3.67. The van der Waals surface area contributed by atoms with Crippen molar-refractivity contribution in [2.45, 2.75) is 47.1 Å². The summed E-state index contributed by atoms with van der Waals surface area (Å²) in [5.41, 5.74) is 0.655. The fourth-order valence-corrected chi connectivity index (χ4v) is 1.36. The van der Waals surface area contributed by atoms with E-state index in [0.29, 0.717) is 12.1 Å². The van der Waals surface area contributed by atoms with Gasteiger partial charge in [0, 0.05) is 6.04 Å². The van der Waals surface area contributed by atoms with E-state index in [4.69, 9.17) is 0 Å². The predicted molar refractivity (Wildman–Crippen MR) is 53.5 cm³/mol. The number of hydrogen-bond acceptors (Lipinski definition) is 2. The van der Waals surface area contributed by atoms with Gasteiger partial charge >= 0.3 is 0 Å². The summed E-state index contributed by atoms with van der Waals surface area (Å²) in [6.07, 6.45) is 0.657. The highest BCUT2D eigenvalue weighted by molar-refractivity contribution is 5.01. The normalized spacial score (nSPS) is 12.5. The van der Waals surface area contributed by atoms with Crippen molar-refractivity contribution in [3.63, 3.8) is 0 Å². The minimum absolute atomic E-state index is 0.0508. The minimum Gasteiger partial charge on any atom is -0.244 e. The first kappa shape index (κ1) is 11.1. The lowest BCUT2D eigenvalue weighted by Crippen LogP contribution is -2.16. The second-order valence-corrected chi connectivity index (χ2v) is 5.10. The molecule has 0 atom stereocenters. The molecule has 1 rings (SSSR count). The van der Waals surface area contributed by atoms with E-state index in [1.807, 2.05) is 13.8 Å². The van der Waals surface area contributed by atoms with Crippen molar-refractivity contribution in [1.82, 2.24) is 15.0 Å². The maximum Gasteiger partial charge on any atom is 0.256 e. The van der Waals surface area contributed by atoms with Gasteiger partial charge in [0.2, 0.25) is 0 Å². The summed E-state index contributed by atoms with van der Waals surface area (Å²) >= 11 is 0. The van der Waals surface area contributed by atoms with Crippen molar-refractivity contribution in [3.8, 4) is 0 Å². The Kier molecular flexibility index (Phi) is 2.92. The number of hydrogen-bond donors (Lipinski definition) is 0. The zero-order valence-electron chi connectivity index (χ0n) is 9.50. The SMILES string of the molecule is CC(C)n1nnc(F)c1CC(C)(C)C. The van der Waals surface area contributed by atoms with Crippen molar-refractivity contribution < 1.29 is 4.39 Å². The average Bonchev–Trinajstić information content (AvgIpc) is 2.29. The Morgan fingerprint density at radius 2 is 1.93 bits per heavy atom. The monoisotopic (exact) mass is 199 g/mol. The average molecular weight is 199 g/mol. The fourth-order valence-electron chi connectivity index (χ4n) is 1.36. The van der Waals surface area contributed by atoms with E-state index >= 15 is 0 Å². The van der Waals surface area contributed by atoms with Crippen LogP contribution in [0.2, 0.25) is 0 Å². The molecule has 0 spiro atoms. The van der Waals surface area contributed by atoms with Crippen LogP contribution in [-0.4, -0.2) is 15.0 Å². The molecule has 0 N–H and O–H groups in total. The Bertz CT molecular complexity index is 310. The van der Waals surface area contributed by atoms with Gasteiger partial charge in [-0.05, 0) is 25.7 Å². The summed E-state index contributed by atoms with van der Waals surface area (Å²) in [6.45, 7) is 10.2. The van der Waals surface area contributed by atoms with Gasteiger partial charge in [0.05, 0.1) is 5.69 Å². The summed E-state index contributed by atoms with van der Waals surface area (Å²) in [5.74, 6) is -0.436. The second-order valence-electron chi connectivity index (χ2n) is 5.10. The molecular formula is C10H18FN3. The summed E-state index contributed by atoms with van der Waals surface area (Å²) < 4.78 is 15.0. The third kappa shape index (κ3) is 2.53. The van der Waals surface area contributed by atoms with Gasteiger partial charge in [-0.1, -0.05) is 31.1 Å². The fraction of sp³-hybridized carbons (Fsp3) is 0.800. The first-order valence-electron chi connectivity index (χ1n) is 4.91. The van der Waals surface area contributed by atoms with Gasteiger partial charge in [-0.15, -0.1) is 0 Å². The maximum atomic E-state index is 13.3. The van der Waals surface area contributed by atoms with Crippen LogP contribution in [0.15, 0.2) is 0 Å². The van der Waals surface area contributed by atoms with Gasteiger partial charge in [-0.25, -0.2) is 4.68 Å². The number of halogens is 1. The molecule has 0 saturated carbocycles. The number of rotatable bonds is 2. The highest BCUT2D eigenvalue weighted by atomic mass is 19.1. The van der Waals surface area contributed by atoms with E-state index in [9.17, 15) is 4.39 Å². The highest BCUT2D eigenvalue weighted by Gasteiger charge is 2.21. The molecule has 4 heteroatoms. The van der Waals surface area contributed by atoms with E-state index in [0.717, 1.165) is 0 Å². The molecule has 0 amide bonds. The Morgan fingerprint density at radius 3 is 2.36 bits per heavy atom. The van der Waals surface area contributed by atoms with Gasteiger partial charge in [0.25, 0.3) is 5.95 Å². The zero-order chi connectivity index (χ0) is 10.9. The van der Waals surface area contributed by atoms with Gasteiger partial charge in [0.15, 0.2) is 0 Å². The maximum absolute atomic E-state index is 13.3. The molecule has 0 radical (unpaired) electrons. The summed E-state index contributed by atoms with van der Waals surface area (Å²) in [6, 6.07) is 0.157. The predicted octanol–water partition coefficient (Wildman–Crippen LogP) is 2.59. The minimum atomic E-state index is -0.436. The number of aromatic nitrogens is 3. The lowest BCUT2D eigenvalue weighted by molar-refractivity contribution is 0.374. The van der Waals surface area contributed by atoms with Gasteiger partial charge < -0.3 is 0 Å². The molecule has 3 nitrogen and oxygen atoms in total. The van der Waals surface area contributed by atoms with Crippen LogP contribution in [0, 0.1) is 11.4 Å². The molecule has 14 heavy (non-hydrogen) atoms. The van der Waals surface area contributed by atoms with Crippen molar-refractivity contribution in [2.75, 3.05) is 0 Å². The third-order valence-electron chi connectivity index (χ3n) is 1.93. The molecule has 1 heterocycles. The van der Waals surface area contributed by atoms with E-state index in [2.05, 4.69) is 31.1 Å². The third-order valence-corrected chi connectivity index (χ3v) is 1.93. The van der Waals surface area contributed by atoms with Crippen molar-refractivity contribution in [2.24, 2.45) is 5.41 Å². The van der Waals surface area contributed by atoms with Crippen LogP contribution in [0.1, 0.15) is 46.4 Å². The standard InChI is InChI=1S/C10H18FN3/c1-7(2)14-8(6-10(3,4)5)9(11)12-13-14/h7H,6H2,1-5H3. The molecule has 0 aromatic carbocycles. The summed E-state index contributed by atoms with van der Waals surface area (Å²) in [7, 11) is 0. The molecule has 80 valence electrons. The van der Waals surface area contributed by atoms with Crippen LogP contribution in [-0.2, 0) is 6.42 Å². The Balaban J connectivity index is 3.00. The van der Waals surface area contributed by atoms with Crippen molar-refractivity contribution in [1.29, 1.82) is 0 Å². The topological polar surface area (TPSA) is 30.7 Å². The van der Waals surface area contributed by atoms with Crippen molar-refractivity contribution >= 4 is 0 Å². The van der Waals surface area contributed by atoms with Crippen LogP contribution in [0.25, 0.3) is 0 Å². The summed E-state index contributed by atoms with van der Waals surface area (Å²) in [4.78, 5) is 0. The molecule has 0 fully saturated rings. The quantitative estimate of drug-likeness (QED) is 0.733. The van der Waals surface area contributed by atoms with Crippen LogP contribution in [0.4, 0.5) is 4.39 Å². The molecule has 1 aromatic rings. The first-order chi connectivity index (χ1) is 6.31. The summed E-state index contributed by atoms with van der Waals surface area (Å²) in [5, 5.41) is 7.26. The Hall–Kier alpha value is -0.930. The molecule has 1 aromatic heterocycles. The van der Waals surface area contributed by atoms with Gasteiger partial charge in [0.1, 0.15) is 0 Å². The molecule has 0 saturated heterocycles. The molecule has 0 bridgehead atoms. The Morgan fingerprint density at radius 1 is 1.36 bits per heavy atom.